The number of hydrogen-bond acceptors (Lipinski definition) is 4. The van der Waals surface area contributed by atoms with Crippen molar-refractivity contribution in [2.45, 2.75) is 6.10 Å². The number of hydrogen-bond donors (Lipinski definition) is 2. The number of halogens is 2. The summed E-state index contributed by atoms with van der Waals surface area (Å²) in [5.41, 5.74) is -0.623. The Hall–Kier alpha value is -2.87. The molecule has 0 spiro atoms. The van der Waals surface area contributed by atoms with Gasteiger partial charge >= 0.3 is 0 Å². The predicted molar refractivity (Wildman–Crippen MR) is 76.7 cm³/mol. The molecule has 23 heavy (non-hydrogen) atoms. The van der Waals surface area contributed by atoms with Gasteiger partial charge in [-0.3, -0.25) is 14.9 Å². The molecule has 120 valence electrons. The van der Waals surface area contributed by atoms with Gasteiger partial charge in [0.05, 0.1) is 11.0 Å². The first-order chi connectivity index (χ1) is 10.9. The highest BCUT2D eigenvalue weighted by Gasteiger charge is 2.21. The van der Waals surface area contributed by atoms with Crippen molar-refractivity contribution in [3.63, 3.8) is 0 Å². The fourth-order valence-corrected chi connectivity index (χ4v) is 1.94. The maximum atomic E-state index is 13.2. The van der Waals surface area contributed by atoms with E-state index >= 15 is 0 Å². The van der Waals surface area contributed by atoms with Crippen LogP contribution in [0.5, 0.6) is 0 Å². The number of aliphatic hydroxyl groups excluding tert-OH is 1. The number of nitro benzene ring substituents is 1. The van der Waals surface area contributed by atoms with Gasteiger partial charge in [-0.15, -0.1) is 0 Å². The molecule has 0 fully saturated rings. The average Bonchev–Trinajstić information content (AvgIpc) is 2.52. The lowest BCUT2D eigenvalue weighted by atomic mass is 10.1. The van der Waals surface area contributed by atoms with E-state index in [1.165, 1.54) is 12.1 Å². The maximum Gasteiger partial charge on any atom is 0.282 e. The molecule has 0 aliphatic rings. The summed E-state index contributed by atoms with van der Waals surface area (Å²) in [7, 11) is 0. The molecule has 0 aromatic heterocycles. The first kappa shape index (κ1) is 16.5. The topological polar surface area (TPSA) is 92.5 Å². The lowest BCUT2D eigenvalue weighted by Gasteiger charge is -2.12. The summed E-state index contributed by atoms with van der Waals surface area (Å²) in [6.45, 7) is -0.266. The molecule has 1 atom stereocenters. The molecule has 0 heterocycles. The Kier molecular flexibility index (Phi) is 4.97. The van der Waals surface area contributed by atoms with Crippen LogP contribution in [0.25, 0.3) is 0 Å². The van der Waals surface area contributed by atoms with Crippen LogP contribution in [0.15, 0.2) is 42.5 Å². The Morgan fingerprint density at radius 1 is 1.17 bits per heavy atom. The molecule has 0 aliphatic heterocycles. The average molecular weight is 322 g/mol. The molecule has 1 amide bonds. The van der Waals surface area contributed by atoms with E-state index in [1.807, 2.05) is 0 Å². The second kappa shape index (κ2) is 6.93. The fraction of sp³-hybridized carbons (Fsp3) is 0.133. The van der Waals surface area contributed by atoms with E-state index < -0.39 is 39.8 Å². The van der Waals surface area contributed by atoms with Crippen molar-refractivity contribution in [3.8, 4) is 0 Å². The second-order valence-corrected chi connectivity index (χ2v) is 4.70. The van der Waals surface area contributed by atoms with E-state index in [9.17, 15) is 28.8 Å². The van der Waals surface area contributed by atoms with Gasteiger partial charge in [0.25, 0.3) is 11.6 Å². The Morgan fingerprint density at radius 3 is 2.39 bits per heavy atom. The maximum absolute atomic E-state index is 13.2. The standard InChI is InChI=1S/C15H12F2N2O4/c16-10-3-1-9(2-4-10)14(20)8-18-15(21)12-7-11(17)5-6-13(12)19(22)23/h1-7,14,20H,8H2,(H,18,21). The van der Waals surface area contributed by atoms with E-state index in [0.29, 0.717) is 5.56 Å². The number of carbonyl (C=O) groups excluding carboxylic acids is 1. The number of carbonyl (C=O) groups is 1. The smallest absolute Gasteiger partial charge is 0.282 e. The van der Waals surface area contributed by atoms with Gasteiger partial charge in [0.1, 0.15) is 17.2 Å². The number of aliphatic hydroxyl groups is 1. The van der Waals surface area contributed by atoms with Crippen LogP contribution in [-0.4, -0.2) is 22.5 Å². The molecular formula is C15H12F2N2O4. The molecule has 2 aromatic rings. The first-order valence-corrected chi connectivity index (χ1v) is 6.54. The van der Waals surface area contributed by atoms with Crippen molar-refractivity contribution in [1.82, 2.24) is 5.32 Å². The molecule has 6 nitrogen and oxygen atoms in total. The Morgan fingerprint density at radius 2 is 1.78 bits per heavy atom. The highest BCUT2D eigenvalue weighted by Crippen LogP contribution is 2.20. The minimum atomic E-state index is -1.13. The van der Waals surface area contributed by atoms with Gasteiger partial charge in [-0.25, -0.2) is 8.78 Å². The van der Waals surface area contributed by atoms with Gasteiger partial charge in [0, 0.05) is 12.6 Å². The SMILES string of the molecule is O=C(NCC(O)c1ccc(F)cc1)c1cc(F)ccc1[N+](=O)[O-]. The van der Waals surface area contributed by atoms with E-state index in [2.05, 4.69) is 5.32 Å². The zero-order valence-electron chi connectivity index (χ0n) is 11.7. The van der Waals surface area contributed by atoms with E-state index in [-0.39, 0.29) is 6.54 Å². The summed E-state index contributed by atoms with van der Waals surface area (Å²) in [4.78, 5) is 22.0. The first-order valence-electron chi connectivity index (χ1n) is 6.54. The van der Waals surface area contributed by atoms with Crippen molar-refractivity contribution >= 4 is 11.6 Å². The largest absolute Gasteiger partial charge is 0.387 e. The highest BCUT2D eigenvalue weighted by atomic mass is 19.1. The predicted octanol–water partition coefficient (Wildman–Crippen LogP) is 2.34. The Labute approximate surface area is 129 Å². The number of amides is 1. The van der Waals surface area contributed by atoms with Crippen LogP contribution in [-0.2, 0) is 0 Å². The molecule has 8 heteroatoms. The molecule has 0 radical (unpaired) electrons. The zero-order valence-corrected chi connectivity index (χ0v) is 11.7. The van der Waals surface area contributed by atoms with Crippen LogP contribution < -0.4 is 5.32 Å². The van der Waals surface area contributed by atoms with E-state index in [4.69, 9.17) is 0 Å². The summed E-state index contributed by atoms with van der Waals surface area (Å²) >= 11 is 0. The molecular weight excluding hydrogens is 310 g/mol. The van der Waals surface area contributed by atoms with Gasteiger partial charge in [0.15, 0.2) is 0 Å². The molecule has 0 aliphatic carbocycles. The highest BCUT2D eigenvalue weighted by molar-refractivity contribution is 5.98. The Bertz CT molecular complexity index is 735. The molecule has 0 saturated carbocycles. The van der Waals surface area contributed by atoms with Crippen LogP contribution in [0.2, 0.25) is 0 Å². The van der Waals surface area contributed by atoms with E-state index in [0.717, 1.165) is 30.3 Å². The normalized spacial score (nSPS) is 11.8. The number of rotatable bonds is 5. The van der Waals surface area contributed by atoms with Crippen LogP contribution in [0, 0.1) is 21.7 Å². The van der Waals surface area contributed by atoms with Crippen LogP contribution in [0.3, 0.4) is 0 Å². The molecule has 0 bridgehead atoms. The third kappa shape index (κ3) is 4.07. The summed E-state index contributed by atoms with van der Waals surface area (Å²) in [6.07, 6.45) is -1.13. The van der Waals surface area contributed by atoms with Crippen molar-refractivity contribution in [2.75, 3.05) is 6.54 Å². The second-order valence-electron chi connectivity index (χ2n) is 4.70. The molecule has 1 unspecified atom stereocenters. The quantitative estimate of drug-likeness (QED) is 0.653. The summed E-state index contributed by atoms with van der Waals surface area (Å²) in [5.74, 6) is -2.16. The fourth-order valence-electron chi connectivity index (χ4n) is 1.94. The van der Waals surface area contributed by atoms with Gasteiger partial charge in [-0.2, -0.15) is 0 Å². The van der Waals surface area contributed by atoms with Gasteiger partial charge in [0.2, 0.25) is 0 Å². The van der Waals surface area contributed by atoms with Crippen LogP contribution >= 0.6 is 0 Å². The van der Waals surface area contributed by atoms with E-state index in [1.54, 1.807) is 0 Å². The lowest BCUT2D eigenvalue weighted by Crippen LogP contribution is -2.29. The minimum Gasteiger partial charge on any atom is -0.387 e. The minimum absolute atomic E-state index is 0.266. The number of nitro groups is 1. The van der Waals surface area contributed by atoms with Gasteiger partial charge < -0.3 is 10.4 Å². The summed E-state index contributed by atoms with van der Waals surface area (Å²) in [5, 5.41) is 23.0. The molecule has 2 aromatic carbocycles. The number of nitrogens with one attached hydrogen (secondary N) is 1. The van der Waals surface area contributed by atoms with Gasteiger partial charge in [-0.1, -0.05) is 12.1 Å². The number of nitrogens with zero attached hydrogens (tertiary/aromatic N) is 1. The third-order valence-corrected chi connectivity index (χ3v) is 3.11. The van der Waals surface area contributed by atoms with Crippen molar-refractivity contribution in [2.24, 2.45) is 0 Å². The summed E-state index contributed by atoms with van der Waals surface area (Å²) < 4.78 is 26.0. The molecule has 2 rings (SSSR count). The lowest BCUT2D eigenvalue weighted by molar-refractivity contribution is -0.385. The third-order valence-electron chi connectivity index (χ3n) is 3.11. The van der Waals surface area contributed by atoms with Crippen LogP contribution in [0.4, 0.5) is 14.5 Å². The summed E-state index contributed by atoms with van der Waals surface area (Å²) in [6, 6.07) is 7.50. The van der Waals surface area contributed by atoms with Crippen molar-refractivity contribution in [3.05, 3.63) is 75.3 Å². The van der Waals surface area contributed by atoms with Crippen LogP contribution in [0.1, 0.15) is 22.0 Å². The van der Waals surface area contributed by atoms with Crippen molar-refractivity contribution < 1.29 is 23.6 Å². The molecule has 2 N–H and O–H groups in total. The zero-order chi connectivity index (χ0) is 17.0. The Balaban J connectivity index is 2.09. The van der Waals surface area contributed by atoms with Crippen molar-refractivity contribution in [1.29, 1.82) is 0 Å². The number of benzene rings is 2. The van der Waals surface area contributed by atoms with Gasteiger partial charge in [-0.05, 0) is 29.8 Å². The monoisotopic (exact) mass is 322 g/mol. The molecule has 0 saturated heterocycles.